The van der Waals surface area contributed by atoms with Gasteiger partial charge in [0.2, 0.25) is 11.8 Å². The van der Waals surface area contributed by atoms with Crippen LogP contribution >= 0.6 is 23.2 Å². The summed E-state index contributed by atoms with van der Waals surface area (Å²) >= 11 is 12.3. The van der Waals surface area contributed by atoms with Crippen LogP contribution in [0.25, 0.3) is 0 Å². The number of amides is 4. The van der Waals surface area contributed by atoms with Gasteiger partial charge in [0.25, 0.3) is 0 Å². The second kappa shape index (κ2) is 15.2. The minimum absolute atomic E-state index is 0.0275. The number of alkyl halides is 6. The standard InChI is InChI=1S/C36H34Cl2F6N4O3/c1-22(49)46-34(26-5-3-2-4-6-26)10-13-47(14-11-34)33(51)48-12-9-29(25(21-48)15-23-7-8-30(37)31(38)18-23)32(50)45-20-24-16-27(35(39,40)41)19-28(17-24)36(42,43)44/h2-8,16-19H,9-15,20-21H2,1H3,(H,45,50)(H,46,49). The molecule has 15 heteroatoms. The number of benzene rings is 3. The lowest BCUT2D eigenvalue weighted by Gasteiger charge is -2.44. The summed E-state index contributed by atoms with van der Waals surface area (Å²) in [6, 6.07) is 15.3. The van der Waals surface area contributed by atoms with Crippen LogP contribution in [0.2, 0.25) is 10.0 Å². The van der Waals surface area contributed by atoms with Crippen LogP contribution in [0, 0.1) is 0 Å². The monoisotopic (exact) mass is 754 g/mol. The van der Waals surface area contributed by atoms with Gasteiger partial charge in [0.05, 0.1) is 26.7 Å². The van der Waals surface area contributed by atoms with E-state index in [0.29, 0.717) is 54.2 Å². The van der Waals surface area contributed by atoms with E-state index in [1.807, 2.05) is 30.3 Å². The van der Waals surface area contributed by atoms with E-state index in [2.05, 4.69) is 10.6 Å². The third kappa shape index (κ3) is 9.17. The van der Waals surface area contributed by atoms with Crippen molar-refractivity contribution in [3.05, 3.63) is 116 Å². The molecule has 0 spiro atoms. The van der Waals surface area contributed by atoms with Crippen LogP contribution in [0.5, 0.6) is 0 Å². The van der Waals surface area contributed by atoms with Gasteiger partial charge in [-0.25, -0.2) is 4.79 Å². The zero-order chi connectivity index (χ0) is 37.1. The Kier molecular flexibility index (Phi) is 11.3. The van der Waals surface area contributed by atoms with Gasteiger partial charge >= 0.3 is 18.4 Å². The van der Waals surface area contributed by atoms with Crippen LogP contribution in [0.3, 0.4) is 0 Å². The van der Waals surface area contributed by atoms with E-state index in [9.17, 15) is 40.7 Å². The van der Waals surface area contributed by atoms with E-state index in [1.54, 1.807) is 28.0 Å². The largest absolute Gasteiger partial charge is 0.416 e. The highest BCUT2D eigenvalue weighted by atomic mass is 35.5. The molecule has 51 heavy (non-hydrogen) atoms. The first-order valence-corrected chi connectivity index (χ1v) is 16.8. The normalized spacial score (nSPS) is 16.6. The third-order valence-electron chi connectivity index (χ3n) is 9.12. The summed E-state index contributed by atoms with van der Waals surface area (Å²) in [5.74, 6) is -0.865. The minimum atomic E-state index is -5.03. The van der Waals surface area contributed by atoms with E-state index in [1.165, 1.54) is 6.92 Å². The molecule has 0 atom stereocenters. The highest BCUT2D eigenvalue weighted by Gasteiger charge is 2.40. The first-order valence-electron chi connectivity index (χ1n) is 16.0. The molecule has 2 aliphatic heterocycles. The molecular weight excluding hydrogens is 721 g/mol. The van der Waals surface area contributed by atoms with Gasteiger partial charge in [0.1, 0.15) is 0 Å². The van der Waals surface area contributed by atoms with Crippen molar-refractivity contribution in [1.29, 1.82) is 0 Å². The molecule has 7 nitrogen and oxygen atoms in total. The van der Waals surface area contributed by atoms with Crippen LogP contribution in [0.1, 0.15) is 54.0 Å². The number of likely N-dealkylation sites (tertiary alicyclic amines) is 1. The lowest BCUT2D eigenvalue weighted by Crippen LogP contribution is -2.56. The van der Waals surface area contributed by atoms with Gasteiger partial charge in [-0.15, -0.1) is 0 Å². The zero-order valence-electron chi connectivity index (χ0n) is 27.4. The summed E-state index contributed by atoms with van der Waals surface area (Å²) in [5, 5.41) is 6.14. The third-order valence-corrected chi connectivity index (χ3v) is 9.86. The second-order valence-electron chi connectivity index (χ2n) is 12.7. The fraction of sp³-hybridized carbons (Fsp3) is 0.361. The number of urea groups is 1. The van der Waals surface area contributed by atoms with Crippen molar-refractivity contribution in [3.8, 4) is 0 Å². The van der Waals surface area contributed by atoms with E-state index < -0.39 is 41.5 Å². The quantitative estimate of drug-likeness (QED) is 0.239. The van der Waals surface area contributed by atoms with Crippen molar-refractivity contribution in [3.63, 3.8) is 0 Å². The summed E-state index contributed by atoms with van der Waals surface area (Å²) in [5.41, 5.74) is -1.58. The van der Waals surface area contributed by atoms with Gasteiger partial charge in [-0.3, -0.25) is 9.59 Å². The molecule has 272 valence electrons. The molecule has 3 aromatic rings. The van der Waals surface area contributed by atoms with Gasteiger partial charge in [0.15, 0.2) is 0 Å². The molecule has 2 heterocycles. The first kappa shape index (κ1) is 38.0. The number of carbonyl (C=O) groups is 3. The molecule has 0 aromatic heterocycles. The number of hydrogen-bond acceptors (Lipinski definition) is 3. The van der Waals surface area contributed by atoms with Crippen molar-refractivity contribution < 1.29 is 40.7 Å². The SMILES string of the molecule is CC(=O)NC1(c2ccccc2)CCN(C(=O)N2CCC(C(=O)NCc3cc(C(F)(F)F)cc(C(F)(F)F)c3)=C(Cc3ccc(Cl)c(Cl)c3)C2)CC1. The maximum Gasteiger partial charge on any atom is 0.416 e. The molecule has 1 fully saturated rings. The van der Waals surface area contributed by atoms with Crippen molar-refractivity contribution in [2.75, 3.05) is 26.2 Å². The summed E-state index contributed by atoms with van der Waals surface area (Å²) < 4.78 is 80.4. The van der Waals surface area contributed by atoms with Crippen molar-refractivity contribution in [2.24, 2.45) is 0 Å². The van der Waals surface area contributed by atoms with Crippen molar-refractivity contribution >= 4 is 41.0 Å². The predicted octanol–water partition coefficient (Wildman–Crippen LogP) is 8.14. The first-order chi connectivity index (χ1) is 23.9. The van der Waals surface area contributed by atoms with Gasteiger partial charge in [0, 0.05) is 45.2 Å². The van der Waals surface area contributed by atoms with Crippen LogP contribution < -0.4 is 10.6 Å². The molecule has 0 bridgehead atoms. The molecule has 2 aliphatic rings. The topological polar surface area (TPSA) is 81.8 Å². The van der Waals surface area contributed by atoms with Crippen molar-refractivity contribution in [2.45, 2.75) is 57.0 Å². The fourth-order valence-corrected chi connectivity index (χ4v) is 6.92. The Bertz CT molecular complexity index is 1790. The van der Waals surface area contributed by atoms with Crippen LogP contribution in [0.4, 0.5) is 31.1 Å². The summed E-state index contributed by atoms with van der Waals surface area (Å²) in [6.07, 6.45) is -8.86. The number of hydrogen-bond donors (Lipinski definition) is 2. The Hall–Kier alpha value is -4.23. The maximum atomic E-state index is 13.9. The minimum Gasteiger partial charge on any atom is -0.348 e. The Morgan fingerprint density at radius 3 is 1.98 bits per heavy atom. The Morgan fingerprint density at radius 2 is 1.41 bits per heavy atom. The maximum absolute atomic E-state index is 13.9. The summed E-state index contributed by atoms with van der Waals surface area (Å²) in [7, 11) is 0. The predicted molar refractivity (Wildman–Crippen MR) is 180 cm³/mol. The second-order valence-corrected chi connectivity index (χ2v) is 13.5. The zero-order valence-corrected chi connectivity index (χ0v) is 28.9. The van der Waals surface area contributed by atoms with Crippen LogP contribution in [-0.4, -0.2) is 53.8 Å². The summed E-state index contributed by atoms with van der Waals surface area (Å²) in [6.45, 7) is 1.73. The molecule has 0 unspecified atom stereocenters. The molecule has 0 saturated carbocycles. The van der Waals surface area contributed by atoms with Crippen LogP contribution in [-0.2, 0) is 40.4 Å². The van der Waals surface area contributed by atoms with E-state index >= 15 is 0 Å². The highest BCUT2D eigenvalue weighted by molar-refractivity contribution is 6.42. The molecule has 3 aromatic carbocycles. The molecule has 0 radical (unpaired) electrons. The van der Waals surface area contributed by atoms with Crippen LogP contribution in [0.15, 0.2) is 77.9 Å². The van der Waals surface area contributed by atoms with Gasteiger partial charge < -0.3 is 20.4 Å². The van der Waals surface area contributed by atoms with Gasteiger partial charge in [-0.2, -0.15) is 26.3 Å². The van der Waals surface area contributed by atoms with E-state index in [0.717, 1.165) is 5.56 Å². The smallest absolute Gasteiger partial charge is 0.348 e. The molecular formula is C36H34Cl2F6N4O3. The molecule has 1 saturated heterocycles. The number of halogens is 8. The van der Waals surface area contributed by atoms with Gasteiger partial charge in [-0.1, -0.05) is 59.6 Å². The Balaban J connectivity index is 1.36. The summed E-state index contributed by atoms with van der Waals surface area (Å²) in [4.78, 5) is 42.8. The number of rotatable bonds is 7. The number of carbonyl (C=O) groups excluding carboxylic acids is 3. The van der Waals surface area contributed by atoms with E-state index in [-0.39, 0.29) is 60.1 Å². The molecule has 0 aliphatic carbocycles. The average Bonchev–Trinajstić information content (AvgIpc) is 3.08. The Labute approximate surface area is 300 Å². The number of nitrogens with zero attached hydrogens (tertiary/aromatic N) is 2. The molecule has 5 rings (SSSR count). The molecule has 2 N–H and O–H groups in total. The average molecular weight is 756 g/mol. The van der Waals surface area contributed by atoms with Crippen molar-refractivity contribution in [1.82, 2.24) is 20.4 Å². The number of piperidine rings is 1. The lowest BCUT2D eigenvalue weighted by atomic mass is 9.80. The fourth-order valence-electron chi connectivity index (χ4n) is 6.59. The van der Waals surface area contributed by atoms with Gasteiger partial charge in [-0.05, 0) is 78.3 Å². The molecule has 4 amide bonds. The lowest BCUT2D eigenvalue weighted by molar-refractivity contribution is -0.143. The number of nitrogens with one attached hydrogen (secondary N) is 2. The Morgan fingerprint density at radius 1 is 0.784 bits per heavy atom. The van der Waals surface area contributed by atoms with E-state index in [4.69, 9.17) is 23.2 Å². The highest BCUT2D eigenvalue weighted by Crippen LogP contribution is 2.37.